The van der Waals surface area contributed by atoms with Gasteiger partial charge in [0.25, 0.3) is 0 Å². The molecular formula is C15H20N2O2. The molecule has 1 aromatic carbocycles. The van der Waals surface area contributed by atoms with E-state index in [0.717, 1.165) is 18.8 Å². The molecule has 0 fully saturated rings. The molecule has 0 aromatic heterocycles. The molecule has 0 atom stereocenters. The second kappa shape index (κ2) is 8.98. The van der Waals surface area contributed by atoms with Crippen molar-refractivity contribution in [3.63, 3.8) is 0 Å². The predicted molar refractivity (Wildman–Crippen MR) is 74.9 cm³/mol. The number of anilines is 1. The van der Waals surface area contributed by atoms with Crippen molar-refractivity contribution in [1.82, 2.24) is 0 Å². The smallest absolute Gasteiger partial charge is 0.238 e. The third kappa shape index (κ3) is 6.46. The zero-order valence-electron chi connectivity index (χ0n) is 11.3. The highest BCUT2D eigenvalue weighted by molar-refractivity contribution is 5.92. The number of carbonyl (C=O) groups is 1. The normalized spacial score (nSPS) is 9.68. The number of ether oxygens (including phenoxy) is 1. The van der Waals surface area contributed by atoms with Gasteiger partial charge in [-0.05, 0) is 30.7 Å². The highest BCUT2D eigenvalue weighted by atomic mass is 16.5. The van der Waals surface area contributed by atoms with Gasteiger partial charge in [0.15, 0.2) is 0 Å². The summed E-state index contributed by atoms with van der Waals surface area (Å²) in [5.74, 6) is 0.505. The molecule has 0 heterocycles. The largest absolute Gasteiger partial charge is 0.494 e. The molecule has 4 heteroatoms. The Kier molecular flexibility index (Phi) is 7.11. The Morgan fingerprint density at radius 2 is 2.00 bits per heavy atom. The molecular weight excluding hydrogens is 240 g/mol. The number of hydrogen-bond donors (Lipinski definition) is 1. The van der Waals surface area contributed by atoms with Crippen LogP contribution in [-0.4, -0.2) is 12.5 Å². The molecule has 102 valence electrons. The van der Waals surface area contributed by atoms with Gasteiger partial charge in [0.2, 0.25) is 5.91 Å². The van der Waals surface area contributed by atoms with E-state index in [1.807, 2.05) is 12.1 Å². The summed E-state index contributed by atoms with van der Waals surface area (Å²) in [6, 6.07) is 9.00. The molecule has 0 saturated carbocycles. The first kappa shape index (κ1) is 15.0. The number of benzene rings is 1. The summed E-state index contributed by atoms with van der Waals surface area (Å²) in [7, 11) is 0. The minimum absolute atomic E-state index is 0.129. The molecule has 0 unspecified atom stereocenters. The molecule has 1 N–H and O–H groups in total. The maximum Gasteiger partial charge on any atom is 0.238 e. The zero-order chi connectivity index (χ0) is 13.9. The third-order valence-corrected chi connectivity index (χ3v) is 2.64. The molecule has 1 amide bonds. The van der Waals surface area contributed by atoms with Crippen LogP contribution in [0.4, 0.5) is 5.69 Å². The van der Waals surface area contributed by atoms with Crippen molar-refractivity contribution < 1.29 is 9.53 Å². The van der Waals surface area contributed by atoms with Crippen LogP contribution in [0.2, 0.25) is 0 Å². The van der Waals surface area contributed by atoms with Gasteiger partial charge < -0.3 is 10.1 Å². The molecule has 1 aromatic rings. The van der Waals surface area contributed by atoms with Gasteiger partial charge in [-0.1, -0.05) is 26.2 Å². The van der Waals surface area contributed by atoms with Crippen LogP contribution in [0, 0.1) is 11.3 Å². The van der Waals surface area contributed by atoms with E-state index >= 15 is 0 Å². The lowest BCUT2D eigenvalue weighted by molar-refractivity contribution is -0.115. The number of nitriles is 1. The highest BCUT2D eigenvalue weighted by Crippen LogP contribution is 2.16. The molecule has 0 aliphatic rings. The van der Waals surface area contributed by atoms with Gasteiger partial charge in [0.05, 0.1) is 12.7 Å². The fraction of sp³-hybridized carbons (Fsp3) is 0.467. The maximum atomic E-state index is 11.2. The Bertz CT molecular complexity index is 421. The number of nitrogens with one attached hydrogen (secondary N) is 1. The minimum atomic E-state index is -0.296. The van der Waals surface area contributed by atoms with Crippen LogP contribution in [-0.2, 0) is 4.79 Å². The Morgan fingerprint density at radius 1 is 1.26 bits per heavy atom. The average Bonchev–Trinajstić information content (AvgIpc) is 2.41. The topological polar surface area (TPSA) is 62.1 Å². The summed E-state index contributed by atoms with van der Waals surface area (Å²) in [6.07, 6.45) is 4.59. The number of carbonyl (C=O) groups excluding carboxylic acids is 1. The predicted octanol–water partition coefficient (Wildman–Crippen LogP) is 3.50. The first-order chi connectivity index (χ1) is 9.26. The fourth-order valence-corrected chi connectivity index (χ4v) is 1.63. The summed E-state index contributed by atoms with van der Waals surface area (Å²) in [5.41, 5.74) is 0.679. The summed E-state index contributed by atoms with van der Waals surface area (Å²) in [5, 5.41) is 11.0. The van der Waals surface area contributed by atoms with Crippen molar-refractivity contribution in [3.8, 4) is 11.8 Å². The molecule has 0 aliphatic carbocycles. The number of unbranched alkanes of at least 4 members (excludes halogenated alkanes) is 3. The molecule has 0 bridgehead atoms. The van der Waals surface area contributed by atoms with Gasteiger partial charge in [-0.15, -0.1) is 0 Å². The van der Waals surface area contributed by atoms with Crippen molar-refractivity contribution in [1.29, 1.82) is 5.26 Å². The second-order valence-corrected chi connectivity index (χ2v) is 4.32. The van der Waals surface area contributed by atoms with Crippen LogP contribution < -0.4 is 10.1 Å². The standard InChI is InChI=1S/C15H20N2O2/c1-2-3-4-5-12-19-14-8-6-13(7-9-14)17-15(18)10-11-16/h6-9H,2-5,10,12H2,1H3,(H,17,18). The minimum Gasteiger partial charge on any atom is -0.494 e. The maximum absolute atomic E-state index is 11.2. The number of nitrogens with zero attached hydrogens (tertiary/aromatic N) is 1. The SMILES string of the molecule is CCCCCCOc1ccc(NC(=O)CC#N)cc1. The molecule has 1 rings (SSSR count). The summed E-state index contributed by atoms with van der Waals surface area (Å²) in [6.45, 7) is 2.90. The van der Waals surface area contributed by atoms with Crippen LogP contribution in [0.15, 0.2) is 24.3 Å². The lowest BCUT2D eigenvalue weighted by Gasteiger charge is -2.07. The highest BCUT2D eigenvalue weighted by Gasteiger charge is 2.01. The van der Waals surface area contributed by atoms with Crippen molar-refractivity contribution in [2.75, 3.05) is 11.9 Å². The van der Waals surface area contributed by atoms with E-state index in [9.17, 15) is 4.79 Å². The van der Waals surface area contributed by atoms with Gasteiger partial charge in [-0.2, -0.15) is 5.26 Å². The van der Waals surface area contributed by atoms with E-state index in [1.165, 1.54) is 19.3 Å². The van der Waals surface area contributed by atoms with Crippen LogP contribution in [0.3, 0.4) is 0 Å². The van der Waals surface area contributed by atoms with E-state index in [4.69, 9.17) is 10.00 Å². The van der Waals surface area contributed by atoms with Gasteiger partial charge in [0.1, 0.15) is 12.2 Å². The molecule has 0 spiro atoms. The number of hydrogen-bond acceptors (Lipinski definition) is 3. The van der Waals surface area contributed by atoms with Crippen LogP contribution in [0.5, 0.6) is 5.75 Å². The molecule has 0 radical (unpaired) electrons. The van der Waals surface area contributed by atoms with Crippen LogP contribution in [0.1, 0.15) is 39.0 Å². The summed E-state index contributed by atoms with van der Waals surface area (Å²) in [4.78, 5) is 11.2. The van der Waals surface area contributed by atoms with E-state index in [1.54, 1.807) is 18.2 Å². The average molecular weight is 260 g/mol. The van der Waals surface area contributed by atoms with Gasteiger partial charge >= 0.3 is 0 Å². The Balaban J connectivity index is 2.31. The Labute approximate surface area is 114 Å². The fourth-order valence-electron chi connectivity index (χ4n) is 1.63. The Hall–Kier alpha value is -2.02. The van der Waals surface area contributed by atoms with E-state index in [0.29, 0.717) is 5.69 Å². The molecule has 0 aliphatic heterocycles. The van der Waals surface area contributed by atoms with Crippen molar-refractivity contribution in [3.05, 3.63) is 24.3 Å². The van der Waals surface area contributed by atoms with Gasteiger partial charge in [-0.25, -0.2) is 0 Å². The van der Waals surface area contributed by atoms with Crippen molar-refractivity contribution in [2.24, 2.45) is 0 Å². The molecule has 0 saturated heterocycles. The van der Waals surface area contributed by atoms with E-state index in [-0.39, 0.29) is 12.3 Å². The molecule has 4 nitrogen and oxygen atoms in total. The summed E-state index contributed by atoms with van der Waals surface area (Å²) < 4.78 is 5.59. The number of rotatable bonds is 8. The first-order valence-electron chi connectivity index (χ1n) is 6.66. The quantitative estimate of drug-likeness (QED) is 0.728. The molecule has 19 heavy (non-hydrogen) atoms. The van der Waals surface area contributed by atoms with Crippen molar-refractivity contribution >= 4 is 11.6 Å². The van der Waals surface area contributed by atoms with Gasteiger partial charge in [-0.3, -0.25) is 4.79 Å². The lowest BCUT2D eigenvalue weighted by atomic mass is 10.2. The van der Waals surface area contributed by atoms with E-state index < -0.39 is 0 Å². The Morgan fingerprint density at radius 3 is 2.63 bits per heavy atom. The second-order valence-electron chi connectivity index (χ2n) is 4.32. The first-order valence-corrected chi connectivity index (χ1v) is 6.66. The number of amides is 1. The van der Waals surface area contributed by atoms with Crippen LogP contribution in [0.25, 0.3) is 0 Å². The van der Waals surface area contributed by atoms with Crippen LogP contribution >= 0.6 is 0 Å². The zero-order valence-corrected chi connectivity index (χ0v) is 11.3. The van der Waals surface area contributed by atoms with E-state index in [2.05, 4.69) is 12.2 Å². The monoisotopic (exact) mass is 260 g/mol. The summed E-state index contributed by atoms with van der Waals surface area (Å²) >= 11 is 0. The van der Waals surface area contributed by atoms with Crippen molar-refractivity contribution in [2.45, 2.75) is 39.0 Å². The lowest BCUT2D eigenvalue weighted by Crippen LogP contribution is -2.09. The van der Waals surface area contributed by atoms with Gasteiger partial charge in [0, 0.05) is 5.69 Å². The third-order valence-electron chi connectivity index (χ3n) is 2.64.